The minimum Gasteiger partial charge on any atom is -0.382 e. The second kappa shape index (κ2) is 7.76. The molecule has 0 aliphatic carbocycles. The first-order valence-electron chi connectivity index (χ1n) is 5.88. The molecule has 0 spiro atoms. The van der Waals surface area contributed by atoms with Gasteiger partial charge in [0.05, 0.1) is 23.9 Å². The largest absolute Gasteiger partial charge is 0.382 e. The van der Waals surface area contributed by atoms with Crippen molar-refractivity contribution < 1.29 is 9.47 Å². The van der Waals surface area contributed by atoms with Gasteiger partial charge in [-0.05, 0) is 20.3 Å². The van der Waals surface area contributed by atoms with Crippen molar-refractivity contribution in [2.45, 2.75) is 32.7 Å². The Kier molecular flexibility index (Phi) is 6.65. The minimum atomic E-state index is 0.127. The SMILES string of the molecule is COCCOCCC(N)Cc1nc(C)c(C)s1. The summed E-state index contributed by atoms with van der Waals surface area (Å²) >= 11 is 1.74. The van der Waals surface area contributed by atoms with Gasteiger partial charge in [0.1, 0.15) is 0 Å². The smallest absolute Gasteiger partial charge is 0.0946 e. The number of nitrogens with two attached hydrogens (primary N) is 1. The van der Waals surface area contributed by atoms with E-state index in [9.17, 15) is 0 Å². The number of methoxy groups -OCH3 is 1. The topological polar surface area (TPSA) is 57.4 Å². The van der Waals surface area contributed by atoms with Crippen LogP contribution in [0.2, 0.25) is 0 Å². The van der Waals surface area contributed by atoms with E-state index in [1.165, 1.54) is 4.88 Å². The zero-order chi connectivity index (χ0) is 12.7. The molecule has 0 aliphatic heterocycles. The van der Waals surface area contributed by atoms with E-state index in [1.54, 1.807) is 18.4 Å². The monoisotopic (exact) mass is 258 g/mol. The number of rotatable bonds is 8. The summed E-state index contributed by atoms with van der Waals surface area (Å²) in [5.41, 5.74) is 7.15. The molecule has 0 aliphatic rings. The maximum absolute atomic E-state index is 6.04. The Hall–Kier alpha value is -0.490. The standard InChI is InChI=1S/C12H22N2O2S/c1-9-10(2)17-12(14-9)8-11(13)4-5-16-7-6-15-3/h11H,4-8,13H2,1-3H3. The summed E-state index contributed by atoms with van der Waals surface area (Å²) in [5, 5.41) is 1.13. The van der Waals surface area contributed by atoms with E-state index < -0.39 is 0 Å². The molecule has 1 atom stereocenters. The second-order valence-electron chi connectivity index (χ2n) is 4.11. The predicted octanol–water partition coefficient (Wildman–Crippen LogP) is 1.68. The van der Waals surface area contributed by atoms with Crippen molar-refractivity contribution in [3.63, 3.8) is 0 Å². The Labute approximate surface area is 107 Å². The van der Waals surface area contributed by atoms with Gasteiger partial charge in [0.2, 0.25) is 0 Å². The van der Waals surface area contributed by atoms with Crippen LogP contribution in [-0.4, -0.2) is 38.0 Å². The molecule has 0 amide bonds. The Morgan fingerprint density at radius 2 is 2.06 bits per heavy atom. The Morgan fingerprint density at radius 1 is 1.29 bits per heavy atom. The lowest BCUT2D eigenvalue weighted by atomic mass is 10.2. The van der Waals surface area contributed by atoms with Crippen molar-refractivity contribution in [1.82, 2.24) is 4.98 Å². The Balaban J connectivity index is 2.18. The average molecular weight is 258 g/mol. The molecule has 0 fully saturated rings. The fraction of sp³-hybridized carbons (Fsp3) is 0.750. The van der Waals surface area contributed by atoms with E-state index in [0.717, 1.165) is 23.5 Å². The van der Waals surface area contributed by atoms with Gasteiger partial charge in [-0.15, -0.1) is 11.3 Å². The van der Waals surface area contributed by atoms with Crippen LogP contribution in [0.25, 0.3) is 0 Å². The highest BCUT2D eigenvalue weighted by molar-refractivity contribution is 7.11. The van der Waals surface area contributed by atoms with Gasteiger partial charge in [0.25, 0.3) is 0 Å². The lowest BCUT2D eigenvalue weighted by Crippen LogP contribution is -2.24. The van der Waals surface area contributed by atoms with Gasteiger partial charge in [-0.3, -0.25) is 0 Å². The van der Waals surface area contributed by atoms with Crippen LogP contribution >= 0.6 is 11.3 Å². The van der Waals surface area contributed by atoms with Crippen molar-refractivity contribution in [2.75, 3.05) is 26.9 Å². The molecule has 1 unspecified atom stereocenters. The van der Waals surface area contributed by atoms with Gasteiger partial charge < -0.3 is 15.2 Å². The summed E-state index contributed by atoms with van der Waals surface area (Å²) < 4.78 is 10.3. The number of nitrogens with zero attached hydrogens (tertiary/aromatic N) is 1. The van der Waals surface area contributed by atoms with E-state index in [2.05, 4.69) is 11.9 Å². The number of hydrogen-bond acceptors (Lipinski definition) is 5. The van der Waals surface area contributed by atoms with Crippen molar-refractivity contribution >= 4 is 11.3 Å². The molecule has 0 saturated heterocycles. The highest BCUT2D eigenvalue weighted by Gasteiger charge is 2.09. The van der Waals surface area contributed by atoms with Crippen LogP contribution in [-0.2, 0) is 15.9 Å². The number of aromatic nitrogens is 1. The molecule has 5 heteroatoms. The lowest BCUT2D eigenvalue weighted by Gasteiger charge is -2.09. The summed E-state index contributed by atoms with van der Waals surface area (Å²) in [6.07, 6.45) is 1.70. The highest BCUT2D eigenvalue weighted by Crippen LogP contribution is 2.17. The maximum atomic E-state index is 6.04. The summed E-state index contributed by atoms with van der Waals surface area (Å²) in [7, 11) is 1.67. The molecule has 98 valence electrons. The van der Waals surface area contributed by atoms with Crippen LogP contribution in [0.15, 0.2) is 0 Å². The number of thiazole rings is 1. The van der Waals surface area contributed by atoms with Gasteiger partial charge in [-0.1, -0.05) is 0 Å². The Morgan fingerprint density at radius 3 is 2.65 bits per heavy atom. The number of aryl methyl sites for hydroxylation is 2. The first kappa shape index (κ1) is 14.6. The summed E-state index contributed by atoms with van der Waals surface area (Å²) in [4.78, 5) is 5.77. The van der Waals surface area contributed by atoms with E-state index in [4.69, 9.17) is 15.2 Å². The first-order valence-corrected chi connectivity index (χ1v) is 6.70. The van der Waals surface area contributed by atoms with E-state index in [1.807, 2.05) is 6.92 Å². The van der Waals surface area contributed by atoms with Gasteiger partial charge in [-0.25, -0.2) is 4.98 Å². The van der Waals surface area contributed by atoms with Crippen LogP contribution < -0.4 is 5.73 Å². The maximum Gasteiger partial charge on any atom is 0.0946 e. The molecule has 0 radical (unpaired) electrons. The fourth-order valence-corrected chi connectivity index (χ4v) is 2.46. The van der Waals surface area contributed by atoms with Crippen molar-refractivity contribution in [3.05, 3.63) is 15.6 Å². The normalized spacial score (nSPS) is 12.9. The summed E-state index contributed by atoms with van der Waals surface area (Å²) in [6, 6.07) is 0.127. The molecule has 1 aromatic rings. The zero-order valence-electron chi connectivity index (χ0n) is 10.9. The Bertz CT molecular complexity index is 309. The van der Waals surface area contributed by atoms with Gasteiger partial charge in [0.15, 0.2) is 0 Å². The minimum absolute atomic E-state index is 0.127. The molecule has 1 heterocycles. The van der Waals surface area contributed by atoms with Crippen molar-refractivity contribution in [3.8, 4) is 0 Å². The molecule has 1 rings (SSSR count). The van der Waals surface area contributed by atoms with Crippen molar-refractivity contribution in [2.24, 2.45) is 5.73 Å². The quantitative estimate of drug-likeness (QED) is 0.721. The zero-order valence-corrected chi connectivity index (χ0v) is 11.7. The molecule has 0 bridgehead atoms. The lowest BCUT2D eigenvalue weighted by molar-refractivity contribution is 0.0672. The van der Waals surface area contributed by atoms with Crippen molar-refractivity contribution in [1.29, 1.82) is 0 Å². The van der Waals surface area contributed by atoms with E-state index in [0.29, 0.717) is 19.8 Å². The van der Waals surface area contributed by atoms with Crippen LogP contribution in [0.4, 0.5) is 0 Å². The van der Waals surface area contributed by atoms with Crippen LogP contribution in [0.3, 0.4) is 0 Å². The fourth-order valence-electron chi connectivity index (χ4n) is 1.43. The highest BCUT2D eigenvalue weighted by atomic mass is 32.1. The van der Waals surface area contributed by atoms with Crippen LogP contribution in [0.1, 0.15) is 22.0 Å². The summed E-state index contributed by atoms with van der Waals surface area (Å²) in [6.45, 7) is 6.09. The molecule has 17 heavy (non-hydrogen) atoms. The third-order valence-corrected chi connectivity index (χ3v) is 3.67. The third-order valence-electron chi connectivity index (χ3n) is 2.57. The molecule has 0 aromatic carbocycles. The predicted molar refractivity (Wildman–Crippen MR) is 70.6 cm³/mol. The van der Waals surface area contributed by atoms with Gasteiger partial charge >= 0.3 is 0 Å². The van der Waals surface area contributed by atoms with Crippen LogP contribution in [0, 0.1) is 13.8 Å². The van der Waals surface area contributed by atoms with E-state index in [-0.39, 0.29) is 6.04 Å². The third kappa shape index (κ3) is 5.59. The molecular formula is C12H22N2O2S. The van der Waals surface area contributed by atoms with Gasteiger partial charge in [-0.2, -0.15) is 0 Å². The average Bonchev–Trinajstić information content (AvgIpc) is 2.57. The number of ether oxygens (including phenoxy) is 2. The number of hydrogen-bond donors (Lipinski definition) is 1. The first-order chi connectivity index (χ1) is 8.13. The molecule has 4 nitrogen and oxygen atoms in total. The molecule has 1 aromatic heterocycles. The van der Waals surface area contributed by atoms with E-state index >= 15 is 0 Å². The molecule has 2 N–H and O–H groups in total. The summed E-state index contributed by atoms with van der Waals surface area (Å²) in [5.74, 6) is 0. The van der Waals surface area contributed by atoms with Gasteiger partial charge in [0, 0.05) is 31.1 Å². The second-order valence-corrected chi connectivity index (χ2v) is 5.39. The molecular weight excluding hydrogens is 236 g/mol. The molecule has 0 saturated carbocycles. The van der Waals surface area contributed by atoms with Crippen LogP contribution in [0.5, 0.6) is 0 Å².